The number of nitrogens with one attached hydrogen (secondary N) is 1. The summed E-state index contributed by atoms with van der Waals surface area (Å²) in [5.74, 6) is 0.363. The van der Waals surface area contributed by atoms with Crippen LogP contribution in [0, 0.1) is 12.7 Å². The third-order valence-corrected chi connectivity index (χ3v) is 5.63. The maximum absolute atomic E-state index is 13.0. The highest BCUT2D eigenvalue weighted by Crippen LogP contribution is 2.19. The summed E-state index contributed by atoms with van der Waals surface area (Å²) in [4.78, 5) is 27.0. The molecular weight excluding hydrogens is 375 g/mol. The Balaban J connectivity index is 2.10. The summed E-state index contributed by atoms with van der Waals surface area (Å²) < 4.78 is 13.0. The van der Waals surface area contributed by atoms with E-state index in [2.05, 4.69) is 5.32 Å². The molecule has 4 nitrogen and oxygen atoms in total. The molecule has 0 heterocycles. The second-order valence-corrected chi connectivity index (χ2v) is 7.59. The third-order valence-electron chi connectivity index (χ3n) is 4.64. The number of halogens is 1. The first-order chi connectivity index (χ1) is 13.5. The van der Waals surface area contributed by atoms with E-state index in [1.807, 2.05) is 38.1 Å². The van der Waals surface area contributed by atoms with Crippen molar-refractivity contribution in [2.45, 2.75) is 38.6 Å². The Morgan fingerprint density at radius 1 is 1.14 bits per heavy atom. The molecule has 0 saturated carbocycles. The van der Waals surface area contributed by atoms with Crippen molar-refractivity contribution in [2.75, 3.05) is 12.8 Å². The van der Waals surface area contributed by atoms with Crippen LogP contribution < -0.4 is 5.32 Å². The summed E-state index contributed by atoms with van der Waals surface area (Å²) >= 11 is 1.47. The van der Waals surface area contributed by atoms with E-state index < -0.39 is 6.04 Å². The predicted molar refractivity (Wildman–Crippen MR) is 112 cm³/mol. The number of amides is 2. The van der Waals surface area contributed by atoms with E-state index in [1.54, 1.807) is 24.1 Å². The van der Waals surface area contributed by atoms with Crippen LogP contribution in [-0.2, 0) is 21.9 Å². The summed E-state index contributed by atoms with van der Waals surface area (Å²) in [5, 5.41) is 2.66. The Bertz CT molecular complexity index is 795. The molecule has 2 aromatic rings. The second-order valence-electron chi connectivity index (χ2n) is 6.61. The van der Waals surface area contributed by atoms with E-state index >= 15 is 0 Å². The van der Waals surface area contributed by atoms with Crippen molar-refractivity contribution in [3.8, 4) is 0 Å². The van der Waals surface area contributed by atoms with Crippen LogP contribution in [0.15, 0.2) is 48.5 Å². The van der Waals surface area contributed by atoms with Gasteiger partial charge in [0.05, 0.1) is 5.75 Å². The van der Waals surface area contributed by atoms with Gasteiger partial charge in [-0.3, -0.25) is 9.59 Å². The van der Waals surface area contributed by atoms with Crippen molar-refractivity contribution in [1.82, 2.24) is 10.2 Å². The van der Waals surface area contributed by atoms with Gasteiger partial charge in [0.2, 0.25) is 11.8 Å². The minimum atomic E-state index is -0.511. The number of nitrogens with zero attached hydrogens (tertiary/aromatic N) is 1. The highest BCUT2D eigenvalue weighted by atomic mass is 32.2. The molecule has 0 aliphatic heterocycles. The molecule has 2 aromatic carbocycles. The molecule has 1 unspecified atom stereocenters. The van der Waals surface area contributed by atoms with Crippen molar-refractivity contribution < 1.29 is 14.0 Å². The maximum atomic E-state index is 13.0. The van der Waals surface area contributed by atoms with Crippen LogP contribution >= 0.6 is 11.8 Å². The van der Waals surface area contributed by atoms with Crippen LogP contribution in [0.4, 0.5) is 4.39 Å². The molecule has 150 valence electrons. The highest BCUT2D eigenvalue weighted by molar-refractivity contribution is 7.99. The fourth-order valence-electron chi connectivity index (χ4n) is 2.98. The van der Waals surface area contributed by atoms with Gasteiger partial charge in [0.1, 0.15) is 11.9 Å². The molecule has 0 aliphatic carbocycles. The molecule has 1 atom stereocenters. The van der Waals surface area contributed by atoms with Crippen molar-refractivity contribution in [3.05, 3.63) is 71.0 Å². The zero-order valence-electron chi connectivity index (χ0n) is 16.6. The van der Waals surface area contributed by atoms with Gasteiger partial charge in [0.25, 0.3) is 0 Å². The second kappa shape index (κ2) is 10.9. The van der Waals surface area contributed by atoms with Gasteiger partial charge < -0.3 is 10.2 Å². The van der Waals surface area contributed by atoms with Gasteiger partial charge in [-0.2, -0.15) is 0 Å². The number of thioether (sulfide) groups is 1. The van der Waals surface area contributed by atoms with Gasteiger partial charge in [-0.15, -0.1) is 11.8 Å². The van der Waals surface area contributed by atoms with Crippen LogP contribution in [0.25, 0.3) is 0 Å². The quantitative estimate of drug-likeness (QED) is 0.692. The number of aryl methyl sites for hydroxylation is 1. The Labute approximate surface area is 170 Å². The first kappa shape index (κ1) is 22.0. The molecule has 2 rings (SSSR count). The summed E-state index contributed by atoms with van der Waals surface area (Å²) in [6, 6.07) is 13.6. The van der Waals surface area contributed by atoms with Gasteiger partial charge in [-0.25, -0.2) is 4.39 Å². The molecular formula is C22H27FN2O2S. The van der Waals surface area contributed by atoms with Gasteiger partial charge in [0.15, 0.2) is 0 Å². The lowest BCUT2D eigenvalue weighted by molar-refractivity contribution is -0.139. The fraction of sp³-hybridized carbons (Fsp3) is 0.364. The molecule has 1 N–H and O–H groups in total. The van der Waals surface area contributed by atoms with Crippen molar-refractivity contribution in [3.63, 3.8) is 0 Å². The SMILES string of the molecule is CCC(C(=O)NC)N(Cc1ccccc1C)C(=O)CSCc1ccc(F)cc1. The Morgan fingerprint density at radius 2 is 1.82 bits per heavy atom. The summed E-state index contributed by atoms with van der Waals surface area (Å²) in [7, 11) is 1.59. The van der Waals surface area contributed by atoms with Crippen LogP contribution in [-0.4, -0.2) is 35.6 Å². The lowest BCUT2D eigenvalue weighted by atomic mass is 10.1. The number of hydrogen-bond donors (Lipinski definition) is 1. The molecule has 0 fully saturated rings. The molecule has 0 aliphatic rings. The average Bonchev–Trinajstić information content (AvgIpc) is 2.70. The molecule has 0 radical (unpaired) electrons. The number of carbonyl (C=O) groups is 2. The molecule has 0 saturated heterocycles. The number of carbonyl (C=O) groups excluding carboxylic acids is 2. The zero-order valence-corrected chi connectivity index (χ0v) is 17.4. The van der Waals surface area contributed by atoms with E-state index in [-0.39, 0.29) is 23.4 Å². The summed E-state index contributed by atoms with van der Waals surface area (Å²) in [5.41, 5.74) is 3.08. The number of benzene rings is 2. The normalized spacial score (nSPS) is 11.7. The predicted octanol–water partition coefficient (Wildman–Crippen LogP) is 3.92. The zero-order chi connectivity index (χ0) is 20.5. The van der Waals surface area contributed by atoms with E-state index in [9.17, 15) is 14.0 Å². The van der Waals surface area contributed by atoms with E-state index in [0.717, 1.165) is 16.7 Å². The fourth-order valence-corrected chi connectivity index (χ4v) is 3.85. The first-order valence-electron chi connectivity index (χ1n) is 9.34. The van der Waals surface area contributed by atoms with Crippen molar-refractivity contribution >= 4 is 23.6 Å². The highest BCUT2D eigenvalue weighted by Gasteiger charge is 2.28. The number of rotatable bonds is 9. The molecule has 0 aromatic heterocycles. The van der Waals surface area contributed by atoms with Crippen LogP contribution in [0.3, 0.4) is 0 Å². The molecule has 2 amide bonds. The lowest BCUT2D eigenvalue weighted by Crippen LogP contribution is -2.48. The Kier molecular flexibility index (Phi) is 8.51. The van der Waals surface area contributed by atoms with Gasteiger partial charge in [-0.1, -0.05) is 43.3 Å². The molecule has 0 bridgehead atoms. The minimum Gasteiger partial charge on any atom is -0.357 e. The van der Waals surface area contributed by atoms with E-state index in [0.29, 0.717) is 18.7 Å². The van der Waals surface area contributed by atoms with Crippen LogP contribution in [0.1, 0.15) is 30.0 Å². The standard InChI is InChI=1S/C22H27FN2O2S/c1-4-20(22(27)24-3)25(13-18-8-6-5-7-16(18)2)21(26)15-28-14-17-9-11-19(23)12-10-17/h5-12,20H,4,13-15H2,1-3H3,(H,24,27). The monoisotopic (exact) mass is 402 g/mol. The maximum Gasteiger partial charge on any atom is 0.242 e. The number of hydrogen-bond acceptors (Lipinski definition) is 3. The first-order valence-corrected chi connectivity index (χ1v) is 10.5. The molecule has 28 heavy (non-hydrogen) atoms. The smallest absolute Gasteiger partial charge is 0.242 e. The largest absolute Gasteiger partial charge is 0.357 e. The average molecular weight is 403 g/mol. The van der Waals surface area contributed by atoms with E-state index in [4.69, 9.17) is 0 Å². The van der Waals surface area contributed by atoms with Crippen LogP contribution in [0.2, 0.25) is 0 Å². The Hall–Kier alpha value is -2.34. The third kappa shape index (κ3) is 6.09. The summed E-state index contributed by atoms with van der Waals surface area (Å²) in [6.45, 7) is 4.31. The van der Waals surface area contributed by atoms with Crippen molar-refractivity contribution in [1.29, 1.82) is 0 Å². The van der Waals surface area contributed by atoms with Gasteiger partial charge >= 0.3 is 0 Å². The van der Waals surface area contributed by atoms with Crippen LogP contribution in [0.5, 0.6) is 0 Å². The topological polar surface area (TPSA) is 49.4 Å². The minimum absolute atomic E-state index is 0.0779. The Morgan fingerprint density at radius 3 is 2.43 bits per heavy atom. The van der Waals surface area contributed by atoms with E-state index in [1.165, 1.54) is 23.9 Å². The lowest BCUT2D eigenvalue weighted by Gasteiger charge is -2.30. The van der Waals surface area contributed by atoms with Crippen molar-refractivity contribution in [2.24, 2.45) is 0 Å². The molecule has 0 spiro atoms. The van der Waals surface area contributed by atoms with Gasteiger partial charge in [0, 0.05) is 19.3 Å². The number of likely N-dealkylation sites (N-methyl/N-ethyl adjacent to an activating group) is 1. The van der Waals surface area contributed by atoms with Gasteiger partial charge in [-0.05, 0) is 42.2 Å². The molecule has 6 heteroatoms. The summed E-state index contributed by atoms with van der Waals surface area (Å²) in [6.07, 6.45) is 0.542.